The molecule has 36 heavy (non-hydrogen) atoms. The summed E-state index contributed by atoms with van der Waals surface area (Å²) in [6.45, 7) is 5.29. The normalized spacial score (nSPS) is 10.8. The highest BCUT2D eigenvalue weighted by Gasteiger charge is 2.30. The Balaban J connectivity index is 2.19. The second-order valence-corrected chi connectivity index (χ2v) is 9.85. The molecule has 3 amide bonds. The number of benzene rings is 2. The number of carbonyl (C=O) groups is 2. The molecule has 0 aliphatic carbocycles. The maximum Gasteiger partial charge on any atom is 0.421 e. The van der Waals surface area contributed by atoms with Crippen LogP contribution in [-0.2, 0) is 11.3 Å². The van der Waals surface area contributed by atoms with Crippen LogP contribution < -0.4 is 20.3 Å². The second-order valence-electron chi connectivity index (χ2n) is 8.60. The van der Waals surface area contributed by atoms with Gasteiger partial charge in [0.25, 0.3) is 0 Å². The first-order valence-electron chi connectivity index (χ1n) is 10.8. The van der Waals surface area contributed by atoms with E-state index in [0.29, 0.717) is 5.69 Å². The molecule has 0 atom stereocenters. The van der Waals surface area contributed by atoms with Crippen molar-refractivity contribution < 1.29 is 19.1 Å². The number of nitriles is 1. The van der Waals surface area contributed by atoms with E-state index in [1.165, 1.54) is 7.05 Å². The highest BCUT2D eigenvalue weighted by Crippen LogP contribution is 2.33. The van der Waals surface area contributed by atoms with E-state index in [1.54, 1.807) is 45.0 Å². The number of primary amides is 1. The first-order valence-corrected chi connectivity index (χ1v) is 11.9. The van der Waals surface area contributed by atoms with Crippen molar-refractivity contribution in [1.29, 1.82) is 5.26 Å². The van der Waals surface area contributed by atoms with E-state index in [4.69, 9.17) is 15.2 Å². The average Bonchev–Trinajstić information content (AvgIpc) is 2.82. The van der Waals surface area contributed by atoms with Crippen LogP contribution in [0, 0.1) is 14.9 Å². The summed E-state index contributed by atoms with van der Waals surface area (Å²) < 4.78 is 12.4. The van der Waals surface area contributed by atoms with E-state index >= 15 is 0 Å². The summed E-state index contributed by atoms with van der Waals surface area (Å²) in [5.74, 6) is -0.388. The maximum absolute atomic E-state index is 13.3. The number of aromatic nitrogens is 2. The number of nitrogens with two attached hydrogens (primary N) is 1. The van der Waals surface area contributed by atoms with E-state index in [9.17, 15) is 14.9 Å². The predicted molar refractivity (Wildman–Crippen MR) is 143 cm³/mol. The average molecular weight is 600 g/mol. The van der Waals surface area contributed by atoms with Gasteiger partial charge in [-0.2, -0.15) is 15.2 Å². The first kappa shape index (κ1) is 26.7. The van der Waals surface area contributed by atoms with Crippen molar-refractivity contribution in [2.45, 2.75) is 33.0 Å². The molecule has 0 bridgehead atoms. The molecule has 3 rings (SSSR count). The molecule has 10 nitrogen and oxygen atoms in total. The van der Waals surface area contributed by atoms with Gasteiger partial charge in [0.1, 0.15) is 18.3 Å². The number of amides is 3. The molecule has 11 heteroatoms. The van der Waals surface area contributed by atoms with Crippen LogP contribution in [0.25, 0.3) is 0 Å². The molecule has 3 aromatic rings. The topological polar surface area (TPSA) is 135 Å². The number of urea groups is 1. The van der Waals surface area contributed by atoms with Gasteiger partial charge in [-0.25, -0.2) is 14.5 Å². The molecule has 2 N–H and O–H groups in total. The van der Waals surface area contributed by atoms with Gasteiger partial charge in [0.2, 0.25) is 11.8 Å². The minimum absolute atomic E-state index is 0.0850. The van der Waals surface area contributed by atoms with E-state index < -0.39 is 17.7 Å². The third-order valence-electron chi connectivity index (χ3n) is 4.68. The molecule has 1 aromatic heterocycles. The summed E-state index contributed by atoms with van der Waals surface area (Å²) in [5, 5.41) is 9.87. The van der Waals surface area contributed by atoms with Crippen molar-refractivity contribution in [2.24, 2.45) is 5.73 Å². The lowest BCUT2D eigenvalue weighted by molar-refractivity contribution is 0.0597. The lowest BCUT2D eigenvalue weighted by atomic mass is 10.2. The molecule has 0 saturated carbocycles. The van der Waals surface area contributed by atoms with Gasteiger partial charge in [0.15, 0.2) is 11.4 Å². The molecule has 0 aliphatic rings. The van der Waals surface area contributed by atoms with Gasteiger partial charge in [-0.15, -0.1) is 0 Å². The second kappa shape index (κ2) is 11.2. The summed E-state index contributed by atoms with van der Waals surface area (Å²) in [5.41, 5.74) is 5.79. The van der Waals surface area contributed by atoms with Crippen molar-refractivity contribution >= 4 is 52.2 Å². The third-order valence-corrected chi connectivity index (χ3v) is 5.40. The smallest absolute Gasteiger partial charge is 0.421 e. The summed E-state index contributed by atoms with van der Waals surface area (Å²) in [6, 6.07) is 17.4. The molecule has 1 heterocycles. The SMILES string of the molecule is CN(C(N)=O)c1nc(N(C(=O)OC(C)(C)C)c2ccc(I)cc2)nc(OCc2ccccc2)c1C#N. The van der Waals surface area contributed by atoms with Crippen LogP contribution in [0.15, 0.2) is 54.6 Å². The lowest BCUT2D eigenvalue weighted by Gasteiger charge is -2.27. The number of nitrogens with zero attached hydrogens (tertiary/aromatic N) is 5. The zero-order valence-electron chi connectivity index (χ0n) is 20.2. The molecule has 2 aromatic carbocycles. The fourth-order valence-corrected chi connectivity index (χ4v) is 3.35. The Bertz CT molecular complexity index is 1290. The van der Waals surface area contributed by atoms with Crippen molar-refractivity contribution in [3.8, 4) is 11.9 Å². The fourth-order valence-electron chi connectivity index (χ4n) is 2.99. The number of anilines is 3. The lowest BCUT2D eigenvalue weighted by Crippen LogP contribution is -2.36. The van der Waals surface area contributed by atoms with Crippen molar-refractivity contribution in [2.75, 3.05) is 16.8 Å². The number of rotatable bonds is 6. The van der Waals surface area contributed by atoms with Crippen LogP contribution in [0.3, 0.4) is 0 Å². The van der Waals surface area contributed by atoms with E-state index in [2.05, 4.69) is 32.6 Å². The predicted octanol–water partition coefficient (Wildman–Crippen LogP) is 5.12. The van der Waals surface area contributed by atoms with Crippen LogP contribution in [0.1, 0.15) is 31.9 Å². The zero-order chi connectivity index (χ0) is 26.5. The Labute approximate surface area is 222 Å². The van der Waals surface area contributed by atoms with Gasteiger partial charge >= 0.3 is 12.1 Å². The Morgan fingerprint density at radius 1 is 1.08 bits per heavy atom. The third kappa shape index (κ3) is 6.60. The molecule has 0 aliphatic heterocycles. The van der Waals surface area contributed by atoms with E-state index in [-0.39, 0.29) is 29.8 Å². The van der Waals surface area contributed by atoms with Crippen LogP contribution in [0.2, 0.25) is 0 Å². The molecular weight excluding hydrogens is 575 g/mol. The highest BCUT2D eigenvalue weighted by molar-refractivity contribution is 14.1. The largest absolute Gasteiger partial charge is 0.472 e. The van der Waals surface area contributed by atoms with Crippen LogP contribution >= 0.6 is 22.6 Å². The molecule has 0 radical (unpaired) electrons. The Morgan fingerprint density at radius 2 is 1.72 bits per heavy atom. The van der Waals surface area contributed by atoms with Gasteiger partial charge in [0, 0.05) is 10.6 Å². The summed E-state index contributed by atoms with van der Waals surface area (Å²) >= 11 is 2.15. The Hall–Kier alpha value is -3.92. The monoisotopic (exact) mass is 600 g/mol. The first-order chi connectivity index (χ1) is 17.0. The Morgan fingerprint density at radius 3 is 2.28 bits per heavy atom. The van der Waals surface area contributed by atoms with Gasteiger partial charge in [0.05, 0.1) is 5.69 Å². The van der Waals surface area contributed by atoms with Crippen LogP contribution in [0.5, 0.6) is 5.88 Å². The summed E-state index contributed by atoms with van der Waals surface area (Å²) in [7, 11) is 1.36. The summed E-state index contributed by atoms with van der Waals surface area (Å²) in [6.07, 6.45) is -0.755. The zero-order valence-corrected chi connectivity index (χ0v) is 22.4. The minimum Gasteiger partial charge on any atom is -0.472 e. The Kier molecular flexibility index (Phi) is 8.31. The number of ether oxygens (including phenoxy) is 2. The van der Waals surface area contributed by atoms with Gasteiger partial charge in [-0.05, 0) is 73.2 Å². The molecule has 0 spiro atoms. The maximum atomic E-state index is 13.3. The molecule has 0 unspecified atom stereocenters. The molecular formula is C25H25IN6O4. The number of carbonyl (C=O) groups excluding carboxylic acids is 2. The number of hydrogen-bond donors (Lipinski definition) is 1. The minimum atomic E-state index is -0.858. The van der Waals surface area contributed by atoms with Crippen LogP contribution in [-0.4, -0.2) is 34.7 Å². The van der Waals surface area contributed by atoms with Crippen LogP contribution in [0.4, 0.5) is 27.0 Å². The van der Waals surface area contributed by atoms with Crippen molar-refractivity contribution in [3.05, 3.63) is 69.3 Å². The van der Waals surface area contributed by atoms with Gasteiger partial charge < -0.3 is 15.2 Å². The number of hydrogen-bond acceptors (Lipinski definition) is 7. The molecule has 0 fully saturated rings. The summed E-state index contributed by atoms with van der Waals surface area (Å²) in [4.78, 5) is 36.2. The molecule has 186 valence electrons. The highest BCUT2D eigenvalue weighted by atomic mass is 127. The van der Waals surface area contributed by atoms with Crippen molar-refractivity contribution in [1.82, 2.24) is 9.97 Å². The van der Waals surface area contributed by atoms with Gasteiger partial charge in [-0.3, -0.25) is 4.90 Å². The van der Waals surface area contributed by atoms with Gasteiger partial charge in [-0.1, -0.05) is 30.3 Å². The molecule has 0 saturated heterocycles. The quantitative estimate of drug-likeness (QED) is 0.388. The number of halogens is 1. The van der Waals surface area contributed by atoms with E-state index in [0.717, 1.165) is 18.9 Å². The van der Waals surface area contributed by atoms with E-state index in [1.807, 2.05) is 36.4 Å². The standard InChI is InChI=1S/C25H25IN6O4/c1-25(2,3)36-24(34)32(18-12-10-17(26)11-13-18)23-29-20(31(4)22(28)33)19(14-27)21(30-23)35-15-16-8-6-5-7-9-16/h5-13H,15H2,1-4H3,(H2,28,33). The fraction of sp³-hybridized carbons (Fsp3) is 0.240. The van der Waals surface area contributed by atoms with Crippen molar-refractivity contribution in [3.63, 3.8) is 0 Å².